The van der Waals surface area contributed by atoms with Gasteiger partial charge < -0.3 is 4.57 Å². The fourth-order valence-corrected chi connectivity index (χ4v) is 2.33. The van der Waals surface area contributed by atoms with E-state index in [4.69, 9.17) is 39.2 Å². The zero-order valence-electron chi connectivity index (χ0n) is 12.4. The lowest BCUT2D eigenvalue weighted by Gasteiger charge is -2.44. The number of hydrogen-bond donors (Lipinski definition) is 0. The molecule has 11 heteroatoms. The number of nitrogens with zero attached hydrogens (tertiary/aromatic N) is 2. The minimum atomic E-state index is -4.70. The highest BCUT2D eigenvalue weighted by Gasteiger charge is 2.39. The second-order valence-electron chi connectivity index (χ2n) is 5.41. The highest BCUT2D eigenvalue weighted by molar-refractivity contribution is 9.08. The van der Waals surface area contributed by atoms with Crippen molar-refractivity contribution in [2.24, 2.45) is 0 Å². The fraction of sp³-hybridized carbons (Fsp3) is 0.308. The van der Waals surface area contributed by atoms with E-state index in [1.54, 1.807) is 24.3 Å². The Hall–Kier alpha value is -0.975. The Kier molecular flexibility index (Phi) is 5.15. The van der Waals surface area contributed by atoms with Gasteiger partial charge in [0.05, 0.1) is 39.2 Å². The number of benzene rings is 1. The van der Waals surface area contributed by atoms with Crippen LogP contribution in [-0.2, 0) is 16.8 Å². The van der Waals surface area contributed by atoms with Crippen molar-refractivity contribution >= 4 is 55.2 Å². The maximum atomic E-state index is 13.0. The number of rotatable bonds is 4. The molecule has 0 bridgehead atoms. The molecular formula is C13H7B5BrF3N2. The zero-order chi connectivity index (χ0) is 18.3. The molecule has 1 aromatic carbocycles. The van der Waals surface area contributed by atoms with Gasteiger partial charge in [-0.2, -0.15) is 13.2 Å². The Morgan fingerprint density at radius 3 is 1.96 bits per heavy atom. The quantitative estimate of drug-likeness (QED) is 0.585. The first-order valence-electron chi connectivity index (χ1n) is 6.64. The van der Waals surface area contributed by atoms with Gasteiger partial charge in [-0.3, -0.25) is 0 Å². The fourth-order valence-electron chi connectivity index (χ4n) is 1.95. The molecule has 1 aromatic heterocycles. The average molecular weight is 382 g/mol. The molecule has 112 valence electrons. The van der Waals surface area contributed by atoms with Crippen LogP contribution in [0.25, 0.3) is 11.4 Å². The van der Waals surface area contributed by atoms with E-state index in [0.29, 0.717) is 17.1 Å². The lowest BCUT2D eigenvalue weighted by atomic mass is 9.26. The predicted octanol–water partition coefficient (Wildman–Crippen LogP) is 1.99. The SMILES string of the molecule is [B]C([B])([B])C([B])([B])n1cc(C(F)(F)F)nc1-c1ccc(CBr)cc1. The van der Waals surface area contributed by atoms with Crippen molar-refractivity contribution < 1.29 is 13.2 Å². The summed E-state index contributed by atoms with van der Waals surface area (Å²) < 4.78 is 40.0. The summed E-state index contributed by atoms with van der Waals surface area (Å²) >= 11 is 3.28. The van der Waals surface area contributed by atoms with Crippen LogP contribution < -0.4 is 0 Å². The molecule has 1 heterocycles. The van der Waals surface area contributed by atoms with Crippen molar-refractivity contribution in [3.8, 4) is 11.4 Å². The number of aromatic nitrogens is 2. The Labute approximate surface area is 153 Å². The third-order valence-electron chi connectivity index (χ3n) is 3.46. The van der Waals surface area contributed by atoms with Gasteiger partial charge in [-0.25, -0.2) is 4.98 Å². The minimum Gasteiger partial charge on any atom is -0.344 e. The molecule has 0 spiro atoms. The first-order chi connectivity index (χ1) is 10.9. The van der Waals surface area contributed by atoms with Crippen LogP contribution in [-0.4, -0.2) is 48.8 Å². The van der Waals surface area contributed by atoms with Gasteiger partial charge in [0, 0.05) is 17.1 Å². The van der Waals surface area contributed by atoms with E-state index in [1.165, 1.54) is 0 Å². The van der Waals surface area contributed by atoms with Crippen molar-refractivity contribution in [1.29, 1.82) is 0 Å². The Balaban J connectivity index is 2.67. The Morgan fingerprint density at radius 1 is 1.00 bits per heavy atom. The monoisotopic (exact) mass is 382 g/mol. The third-order valence-corrected chi connectivity index (χ3v) is 4.10. The molecule has 0 aliphatic heterocycles. The van der Waals surface area contributed by atoms with Crippen molar-refractivity contribution in [3.63, 3.8) is 0 Å². The van der Waals surface area contributed by atoms with Crippen LogP contribution >= 0.6 is 15.9 Å². The van der Waals surface area contributed by atoms with Gasteiger partial charge in [0.2, 0.25) is 0 Å². The van der Waals surface area contributed by atoms with Gasteiger partial charge in [-0.1, -0.05) is 40.2 Å². The largest absolute Gasteiger partial charge is 0.434 e. The van der Waals surface area contributed by atoms with Gasteiger partial charge >= 0.3 is 6.18 Å². The van der Waals surface area contributed by atoms with E-state index in [-0.39, 0.29) is 5.82 Å². The molecule has 0 amide bonds. The van der Waals surface area contributed by atoms with Crippen LogP contribution in [0.15, 0.2) is 30.5 Å². The summed E-state index contributed by atoms with van der Waals surface area (Å²) in [5.41, 5.74) is 0.0804. The van der Waals surface area contributed by atoms with Gasteiger partial charge in [0.25, 0.3) is 0 Å². The molecule has 0 aliphatic carbocycles. The molecule has 0 saturated carbocycles. The Bertz CT molecular complexity index is 723. The molecule has 2 rings (SSSR count). The molecule has 2 aromatic rings. The van der Waals surface area contributed by atoms with Crippen LogP contribution in [0.3, 0.4) is 0 Å². The minimum absolute atomic E-state index is 0.154. The first-order valence-corrected chi connectivity index (χ1v) is 7.77. The second kappa shape index (κ2) is 6.39. The van der Waals surface area contributed by atoms with Crippen LogP contribution in [0.4, 0.5) is 13.2 Å². The summed E-state index contributed by atoms with van der Waals surface area (Å²) in [6, 6.07) is 6.59. The van der Waals surface area contributed by atoms with Crippen LogP contribution in [0.5, 0.6) is 0 Å². The summed E-state index contributed by atoms with van der Waals surface area (Å²) in [5, 5.41) is -3.82. The van der Waals surface area contributed by atoms with Crippen molar-refractivity contribution in [2.45, 2.75) is 22.0 Å². The predicted molar refractivity (Wildman–Crippen MR) is 94.7 cm³/mol. The molecule has 0 fully saturated rings. The first kappa shape index (κ1) is 19.4. The second-order valence-corrected chi connectivity index (χ2v) is 5.97. The topological polar surface area (TPSA) is 17.8 Å². The maximum absolute atomic E-state index is 13.0. The molecule has 0 aliphatic rings. The maximum Gasteiger partial charge on any atom is 0.434 e. The van der Waals surface area contributed by atoms with Gasteiger partial charge in [-0.05, 0) is 10.9 Å². The molecule has 0 atom stereocenters. The molecule has 24 heavy (non-hydrogen) atoms. The van der Waals surface area contributed by atoms with Crippen LogP contribution in [0.1, 0.15) is 11.3 Å². The van der Waals surface area contributed by atoms with Crippen LogP contribution in [0, 0.1) is 0 Å². The normalized spacial score (nSPS) is 13.2. The summed E-state index contributed by atoms with van der Waals surface area (Å²) in [4.78, 5) is 3.59. The van der Waals surface area contributed by atoms with E-state index in [9.17, 15) is 13.2 Å². The molecular weight excluding hydrogens is 375 g/mol. The average Bonchev–Trinajstić information content (AvgIpc) is 2.92. The van der Waals surface area contributed by atoms with E-state index in [0.717, 1.165) is 10.1 Å². The molecule has 10 radical (unpaired) electrons. The summed E-state index contributed by atoms with van der Waals surface area (Å²) in [6.45, 7) is 0. The molecule has 0 unspecified atom stereocenters. The molecule has 2 nitrogen and oxygen atoms in total. The lowest BCUT2D eigenvalue weighted by Crippen LogP contribution is -2.48. The van der Waals surface area contributed by atoms with Crippen molar-refractivity contribution in [2.75, 3.05) is 0 Å². The number of alkyl halides is 4. The van der Waals surface area contributed by atoms with E-state index < -0.39 is 22.3 Å². The molecule has 0 saturated heterocycles. The van der Waals surface area contributed by atoms with Gasteiger partial charge in [-0.15, -0.1) is 5.11 Å². The number of imidazole rings is 1. The standard InChI is InChI=1S/C13H7B5BrF3N2/c14-12(15,16)13(17,18)24-6-9(11(20,21)22)23-10(24)8-3-1-7(5-19)2-4-8/h1-4,6H,5H2. The highest BCUT2D eigenvalue weighted by atomic mass is 79.9. The van der Waals surface area contributed by atoms with Crippen molar-refractivity contribution in [1.82, 2.24) is 9.55 Å². The lowest BCUT2D eigenvalue weighted by molar-refractivity contribution is -0.140. The van der Waals surface area contributed by atoms with Gasteiger partial charge in [0.1, 0.15) is 5.82 Å². The summed E-state index contributed by atoms with van der Waals surface area (Å²) in [5.74, 6) is -0.154. The van der Waals surface area contributed by atoms with Crippen molar-refractivity contribution in [3.05, 3.63) is 41.7 Å². The Morgan fingerprint density at radius 2 is 1.54 bits per heavy atom. The highest BCUT2D eigenvalue weighted by Crippen LogP contribution is 2.37. The van der Waals surface area contributed by atoms with E-state index in [2.05, 4.69) is 20.9 Å². The zero-order valence-corrected chi connectivity index (χ0v) is 14.0. The third kappa shape index (κ3) is 3.66. The number of hydrogen-bond acceptors (Lipinski definition) is 1. The smallest absolute Gasteiger partial charge is 0.344 e. The van der Waals surface area contributed by atoms with E-state index >= 15 is 0 Å². The number of halogens is 4. The van der Waals surface area contributed by atoms with Gasteiger partial charge in [0.15, 0.2) is 5.69 Å². The summed E-state index contributed by atoms with van der Waals surface area (Å²) in [7, 11) is 28.2. The summed E-state index contributed by atoms with van der Waals surface area (Å²) in [6.07, 6.45) is -4.07. The van der Waals surface area contributed by atoms with E-state index in [1.807, 2.05) is 0 Å². The molecule has 0 N–H and O–H groups in total. The van der Waals surface area contributed by atoms with Crippen LogP contribution in [0.2, 0.25) is 5.11 Å².